The van der Waals surface area contributed by atoms with Crippen molar-refractivity contribution in [3.8, 4) is 17.2 Å². The van der Waals surface area contributed by atoms with Gasteiger partial charge >= 0.3 is 0 Å². The standard InChI is InChI=1S/C16H16FNO3/c1-19-14-6-11(7-15-16(14)21-10-20-15)8-18-9-12-4-2-3-5-13(12)17/h2-7,18H,8-10H2,1H3. The predicted molar refractivity (Wildman–Crippen MR) is 76.1 cm³/mol. The fourth-order valence-electron chi connectivity index (χ4n) is 2.27. The van der Waals surface area contributed by atoms with Crippen LogP contribution in [-0.2, 0) is 13.1 Å². The highest BCUT2D eigenvalue weighted by Gasteiger charge is 2.19. The first-order valence-electron chi connectivity index (χ1n) is 6.68. The Hall–Kier alpha value is -2.27. The predicted octanol–water partition coefficient (Wildman–Crippen LogP) is 2.85. The van der Waals surface area contributed by atoms with Crippen LogP contribution in [0.3, 0.4) is 0 Å². The minimum absolute atomic E-state index is 0.201. The van der Waals surface area contributed by atoms with Gasteiger partial charge in [0.1, 0.15) is 5.82 Å². The first-order chi connectivity index (χ1) is 10.3. The molecule has 0 fully saturated rings. The Bertz CT molecular complexity index is 645. The van der Waals surface area contributed by atoms with E-state index in [0.29, 0.717) is 35.9 Å². The molecule has 0 aliphatic carbocycles. The highest BCUT2D eigenvalue weighted by Crippen LogP contribution is 2.41. The summed E-state index contributed by atoms with van der Waals surface area (Å²) >= 11 is 0. The second-order valence-electron chi connectivity index (χ2n) is 4.73. The lowest BCUT2D eigenvalue weighted by Crippen LogP contribution is -2.13. The zero-order valence-electron chi connectivity index (χ0n) is 11.7. The Morgan fingerprint density at radius 2 is 2.05 bits per heavy atom. The topological polar surface area (TPSA) is 39.7 Å². The van der Waals surface area contributed by atoms with Crippen molar-refractivity contribution in [2.75, 3.05) is 13.9 Å². The number of methoxy groups -OCH3 is 1. The van der Waals surface area contributed by atoms with Crippen molar-refractivity contribution in [3.63, 3.8) is 0 Å². The van der Waals surface area contributed by atoms with Crippen molar-refractivity contribution in [1.29, 1.82) is 0 Å². The summed E-state index contributed by atoms with van der Waals surface area (Å²) in [6.07, 6.45) is 0. The summed E-state index contributed by atoms with van der Waals surface area (Å²) in [6.45, 7) is 1.25. The average Bonchev–Trinajstić information content (AvgIpc) is 2.97. The van der Waals surface area contributed by atoms with E-state index < -0.39 is 0 Å². The van der Waals surface area contributed by atoms with E-state index in [0.717, 1.165) is 5.56 Å². The molecule has 0 spiro atoms. The molecule has 0 aromatic heterocycles. The van der Waals surface area contributed by atoms with Crippen molar-refractivity contribution in [2.24, 2.45) is 0 Å². The summed E-state index contributed by atoms with van der Waals surface area (Å²) in [5.41, 5.74) is 1.64. The maximum atomic E-state index is 13.5. The van der Waals surface area contributed by atoms with Gasteiger partial charge in [-0.3, -0.25) is 0 Å². The summed E-state index contributed by atoms with van der Waals surface area (Å²) < 4.78 is 29.5. The molecule has 0 radical (unpaired) electrons. The first-order valence-corrected chi connectivity index (χ1v) is 6.68. The number of benzene rings is 2. The molecule has 2 aromatic carbocycles. The highest BCUT2D eigenvalue weighted by atomic mass is 19.1. The molecule has 1 aliphatic heterocycles. The van der Waals surface area contributed by atoms with Crippen LogP contribution in [0.4, 0.5) is 4.39 Å². The van der Waals surface area contributed by atoms with Crippen LogP contribution in [0, 0.1) is 5.82 Å². The molecular weight excluding hydrogens is 273 g/mol. The molecule has 21 heavy (non-hydrogen) atoms. The number of nitrogens with one attached hydrogen (secondary N) is 1. The van der Waals surface area contributed by atoms with Gasteiger partial charge in [-0.2, -0.15) is 0 Å². The van der Waals surface area contributed by atoms with E-state index in [9.17, 15) is 4.39 Å². The third kappa shape index (κ3) is 2.92. The van der Waals surface area contributed by atoms with Crippen LogP contribution in [0.25, 0.3) is 0 Å². The van der Waals surface area contributed by atoms with Crippen molar-refractivity contribution < 1.29 is 18.6 Å². The normalized spacial score (nSPS) is 12.5. The fourth-order valence-corrected chi connectivity index (χ4v) is 2.27. The molecule has 0 bridgehead atoms. The molecule has 0 saturated carbocycles. The van der Waals surface area contributed by atoms with Gasteiger partial charge in [-0.05, 0) is 23.8 Å². The summed E-state index contributed by atoms with van der Waals surface area (Å²) in [7, 11) is 1.59. The lowest BCUT2D eigenvalue weighted by Gasteiger charge is -2.09. The third-order valence-electron chi connectivity index (χ3n) is 3.32. The van der Waals surface area contributed by atoms with Crippen LogP contribution in [0.1, 0.15) is 11.1 Å². The fraction of sp³-hybridized carbons (Fsp3) is 0.250. The van der Waals surface area contributed by atoms with E-state index in [4.69, 9.17) is 14.2 Å². The van der Waals surface area contributed by atoms with E-state index in [1.165, 1.54) is 6.07 Å². The molecular formula is C16H16FNO3. The lowest BCUT2D eigenvalue weighted by molar-refractivity contribution is 0.171. The Morgan fingerprint density at radius 3 is 2.86 bits per heavy atom. The highest BCUT2D eigenvalue weighted by molar-refractivity contribution is 5.55. The molecule has 2 aromatic rings. The van der Waals surface area contributed by atoms with Crippen LogP contribution in [0.5, 0.6) is 17.2 Å². The Labute approximate surface area is 122 Å². The van der Waals surface area contributed by atoms with Gasteiger partial charge in [0.15, 0.2) is 11.5 Å². The molecule has 4 nitrogen and oxygen atoms in total. The number of fused-ring (bicyclic) bond motifs is 1. The lowest BCUT2D eigenvalue weighted by atomic mass is 10.1. The van der Waals surface area contributed by atoms with E-state index in [2.05, 4.69) is 5.32 Å². The number of hydrogen-bond donors (Lipinski definition) is 1. The molecule has 5 heteroatoms. The second kappa shape index (κ2) is 6.01. The Balaban J connectivity index is 1.67. The monoisotopic (exact) mass is 289 g/mol. The summed E-state index contributed by atoms with van der Waals surface area (Å²) in [4.78, 5) is 0. The number of ether oxygens (including phenoxy) is 3. The Morgan fingerprint density at radius 1 is 1.19 bits per heavy atom. The SMILES string of the molecule is COc1cc(CNCc2ccccc2F)cc2c1OCO2. The number of rotatable bonds is 5. The second-order valence-corrected chi connectivity index (χ2v) is 4.73. The Kier molecular flexibility index (Phi) is 3.92. The van der Waals surface area contributed by atoms with Gasteiger partial charge in [-0.25, -0.2) is 4.39 Å². The van der Waals surface area contributed by atoms with Crippen LogP contribution in [0.2, 0.25) is 0 Å². The van der Waals surface area contributed by atoms with Crippen molar-refractivity contribution in [1.82, 2.24) is 5.32 Å². The van der Waals surface area contributed by atoms with Crippen LogP contribution in [-0.4, -0.2) is 13.9 Å². The quantitative estimate of drug-likeness (QED) is 0.919. The third-order valence-corrected chi connectivity index (χ3v) is 3.32. The maximum Gasteiger partial charge on any atom is 0.231 e. The van der Waals surface area contributed by atoms with Gasteiger partial charge in [0.05, 0.1) is 7.11 Å². The summed E-state index contributed by atoms with van der Waals surface area (Å²) in [5, 5.41) is 3.21. The van der Waals surface area contributed by atoms with Gasteiger partial charge in [-0.1, -0.05) is 18.2 Å². The first kappa shape index (κ1) is 13.7. The van der Waals surface area contributed by atoms with E-state index >= 15 is 0 Å². The molecule has 0 amide bonds. The van der Waals surface area contributed by atoms with Crippen molar-refractivity contribution >= 4 is 0 Å². The average molecular weight is 289 g/mol. The molecule has 0 saturated heterocycles. The minimum atomic E-state index is -0.201. The molecule has 1 heterocycles. The zero-order chi connectivity index (χ0) is 14.7. The molecule has 0 atom stereocenters. The molecule has 110 valence electrons. The van der Waals surface area contributed by atoms with Crippen molar-refractivity contribution in [2.45, 2.75) is 13.1 Å². The molecule has 0 unspecified atom stereocenters. The van der Waals surface area contributed by atoms with E-state index in [1.807, 2.05) is 18.2 Å². The van der Waals surface area contributed by atoms with E-state index in [-0.39, 0.29) is 12.6 Å². The van der Waals surface area contributed by atoms with Gasteiger partial charge < -0.3 is 19.5 Å². The van der Waals surface area contributed by atoms with Crippen molar-refractivity contribution in [3.05, 3.63) is 53.3 Å². The van der Waals surface area contributed by atoms with Crippen LogP contribution < -0.4 is 19.5 Å². The summed E-state index contributed by atoms with van der Waals surface area (Å²) in [6, 6.07) is 10.5. The van der Waals surface area contributed by atoms with Gasteiger partial charge in [-0.15, -0.1) is 0 Å². The van der Waals surface area contributed by atoms with E-state index in [1.54, 1.807) is 19.2 Å². The van der Waals surface area contributed by atoms with Crippen LogP contribution in [0.15, 0.2) is 36.4 Å². The maximum absolute atomic E-state index is 13.5. The van der Waals surface area contributed by atoms with Gasteiger partial charge in [0, 0.05) is 18.7 Å². The van der Waals surface area contributed by atoms with Crippen LogP contribution >= 0.6 is 0 Å². The van der Waals surface area contributed by atoms with Gasteiger partial charge in [0.25, 0.3) is 0 Å². The largest absolute Gasteiger partial charge is 0.493 e. The smallest absolute Gasteiger partial charge is 0.231 e. The molecule has 1 N–H and O–H groups in total. The van der Waals surface area contributed by atoms with Gasteiger partial charge in [0.2, 0.25) is 12.5 Å². The number of hydrogen-bond acceptors (Lipinski definition) is 4. The molecule has 1 aliphatic rings. The minimum Gasteiger partial charge on any atom is -0.493 e. The number of halogens is 1. The summed E-state index contributed by atoms with van der Waals surface area (Å²) in [5.74, 6) is 1.76. The molecule has 3 rings (SSSR count). The zero-order valence-corrected chi connectivity index (χ0v) is 11.7.